The third-order valence-corrected chi connectivity index (χ3v) is 2.59. The lowest BCUT2D eigenvalue weighted by atomic mass is 10.4. The summed E-state index contributed by atoms with van der Waals surface area (Å²) in [4.78, 5) is 24.5. The van der Waals surface area contributed by atoms with Crippen LogP contribution in [0.25, 0.3) is 0 Å². The summed E-state index contributed by atoms with van der Waals surface area (Å²) < 4.78 is 0. The molecule has 0 aliphatic carbocycles. The molecular formula is C11H21N3O2. The Morgan fingerprint density at radius 3 is 2.44 bits per heavy atom. The lowest BCUT2D eigenvalue weighted by Gasteiger charge is -2.15. The maximum absolute atomic E-state index is 11.5. The van der Waals surface area contributed by atoms with Crippen molar-refractivity contribution in [3.63, 3.8) is 0 Å². The van der Waals surface area contributed by atoms with Gasteiger partial charge in [0.2, 0.25) is 5.91 Å². The van der Waals surface area contributed by atoms with Crippen LogP contribution in [0, 0.1) is 0 Å². The average Bonchev–Trinajstić information content (AvgIpc) is 2.79. The molecule has 0 aromatic heterocycles. The highest BCUT2D eigenvalue weighted by Gasteiger charge is 2.17. The summed E-state index contributed by atoms with van der Waals surface area (Å²) in [5.74, 6) is 0.00331. The number of hydrogen-bond acceptors (Lipinski definition) is 2. The Morgan fingerprint density at radius 2 is 1.81 bits per heavy atom. The number of urea groups is 1. The Labute approximate surface area is 96.6 Å². The van der Waals surface area contributed by atoms with Crippen molar-refractivity contribution in [2.24, 2.45) is 0 Å². The SMILES string of the molecule is CCCNC(=O)CCNC(=O)N1CCCC1. The second kappa shape index (κ2) is 7.09. The van der Waals surface area contributed by atoms with Crippen molar-refractivity contribution in [3.8, 4) is 0 Å². The predicted octanol–water partition coefficient (Wildman–Crippen LogP) is 0.708. The molecule has 1 aliphatic heterocycles. The molecule has 0 aromatic rings. The zero-order chi connectivity index (χ0) is 11.8. The third kappa shape index (κ3) is 4.51. The standard InChI is InChI=1S/C11H21N3O2/c1-2-6-12-10(15)5-7-13-11(16)14-8-3-4-9-14/h2-9H2,1H3,(H,12,15)(H,13,16). The predicted molar refractivity (Wildman–Crippen MR) is 62.1 cm³/mol. The lowest BCUT2D eigenvalue weighted by Crippen LogP contribution is -2.39. The van der Waals surface area contributed by atoms with Crippen LogP contribution in [0.3, 0.4) is 0 Å². The van der Waals surface area contributed by atoms with Gasteiger partial charge in [-0.2, -0.15) is 0 Å². The van der Waals surface area contributed by atoms with Crippen LogP contribution in [-0.2, 0) is 4.79 Å². The number of hydrogen-bond donors (Lipinski definition) is 2. The molecule has 0 saturated carbocycles. The quantitative estimate of drug-likeness (QED) is 0.726. The summed E-state index contributed by atoms with van der Waals surface area (Å²) in [6.45, 7) is 4.82. The van der Waals surface area contributed by atoms with Crippen LogP contribution in [-0.4, -0.2) is 43.0 Å². The zero-order valence-corrected chi connectivity index (χ0v) is 9.92. The van der Waals surface area contributed by atoms with Crippen LogP contribution in [0.4, 0.5) is 4.79 Å². The highest BCUT2D eigenvalue weighted by atomic mass is 16.2. The fourth-order valence-electron chi connectivity index (χ4n) is 1.67. The molecule has 3 amide bonds. The van der Waals surface area contributed by atoms with E-state index in [1.807, 2.05) is 6.92 Å². The second-order valence-corrected chi connectivity index (χ2v) is 4.03. The zero-order valence-electron chi connectivity index (χ0n) is 9.92. The van der Waals surface area contributed by atoms with Crippen molar-refractivity contribution in [3.05, 3.63) is 0 Å². The summed E-state index contributed by atoms with van der Waals surface area (Å²) in [5.41, 5.74) is 0. The van der Waals surface area contributed by atoms with E-state index in [0.717, 1.165) is 32.4 Å². The first-order valence-electron chi connectivity index (χ1n) is 6.03. The Morgan fingerprint density at radius 1 is 1.12 bits per heavy atom. The molecule has 16 heavy (non-hydrogen) atoms. The van der Waals surface area contributed by atoms with E-state index >= 15 is 0 Å². The lowest BCUT2D eigenvalue weighted by molar-refractivity contribution is -0.120. The van der Waals surface area contributed by atoms with Gasteiger partial charge < -0.3 is 15.5 Å². The molecule has 0 aromatic carbocycles. The van der Waals surface area contributed by atoms with E-state index in [-0.39, 0.29) is 11.9 Å². The van der Waals surface area contributed by atoms with Gasteiger partial charge >= 0.3 is 6.03 Å². The first-order chi connectivity index (χ1) is 7.74. The Balaban J connectivity index is 2.05. The van der Waals surface area contributed by atoms with Gasteiger partial charge in [0, 0.05) is 32.6 Å². The van der Waals surface area contributed by atoms with Gasteiger partial charge in [0.05, 0.1) is 0 Å². The van der Waals surface area contributed by atoms with E-state index in [4.69, 9.17) is 0 Å². The van der Waals surface area contributed by atoms with E-state index in [9.17, 15) is 9.59 Å². The van der Waals surface area contributed by atoms with Crippen molar-refractivity contribution < 1.29 is 9.59 Å². The van der Waals surface area contributed by atoms with Crippen LogP contribution < -0.4 is 10.6 Å². The minimum Gasteiger partial charge on any atom is -0.356 e. The molecule has 1 fully saturated rings. The van der Waals surface area contributed by atoms with Gasteiger partial charge in [0.1, 0.15) is 0 Å². The number of nitrogens with zero attached hydrogens (tertiary/aromatic N) is 1. The fraction of sp³-hybridized carbons (Fsp3) is 0.818. The average molecular weight is 227 g/mol. The molecule has 92 valence electrons. The van der Waals surface area contributed by atoms with Gasteiger partial charge in [-0.05, 0) is 19.3 Å². The molecule has 5 heteroatoms. The number of carbonyl (C=O) groups excluding carboxylic acids is 2. The summed E-state index contributed by atoms with van der Waals surface area (Å²) in [6.07, 6.45) is 3.47. The van der Waals surface area contributed by atoms with Crippen molar-refractivity contribution >= 4 is 11.9 Å². The fourth-order valence-corrected chi connectivity index (χ4v) is 1.67. The maximum Gasteiger partial charge on any atom is 0.317 e. The molecule has 1 rings (SSSR count). The molecular weight excluding hydrogens is 206 g/mol. The molecule has 1 saturated heterocycles. The molecule has 0 spiro atoms. The molecule has 0 radical (unpaired) electrons. The minimum absolute atomic E-state index is 0.00331. The largest absolute Gasteiger partial charge is 0.356 e. The Kier molecular flexibility index (Phi) is 5.67. The first-order valence-corrected chi connectivity index (χ1v) is 6.03. The van der Waals surface area contributed by atoms with Crippen LogP contribution in [0.2, 0.25) is 0 Å². The van der Waals surface area contributed by atoms with Gasteiger partial charge in [-0.15, -0.1) is 0 Å². The van der Waals surface area contributed by atoms with Crippen molar-refractivity contribution in [2.45, 2.75) is 32.6 Å². The van der Waals surface area contributed by atoms with Crippen LogP contribution in [0.5, 0.6) is 0 Å². The summed E-state index contributed by atoms with van der Waals surface area (Å²) in [5, 5.41) is 5.53. The highest BCUT2D eigenvalue weighted by Crippen LogP contribution is 2.06. The Hall–Kier alpha value is -1.26. The smallest absolute Gasteiger partial charge is 0.317 e. The molecule has 1 aliphatic rings. The molecule has 0 bridgehead atoms. The molecule has 1 heterocycles. The van der Waals surface area contributed by atoms with Gasteiger partial charge in [-0.25, -0.2) is 4.79 Å². The van der Waals surface area contributed by atoms with Gasteiger partial charge in [0.15, 0.2) is 0 Å². The molecule has 0 atom stereocenters. The van der Waals surface area contributed by atoms with Crippen LogP contribution in [0.15, 0.2) is 0 Å². The highest BCUT2D eigenvalue weighted by molar-refractivity contribution is 5.78. The van der Waals surface area contributed by atoms with Crippen LogP contribution in [0.1, 0.15) is 32.6 Å². The van der Waals surface area contributed by atoms with Gasteiger partial charge in [-0.1, -0.05) is 6.92 Å². The number of nitrogens with one attached hydrogen (secondary N) is 2. The molecule has 5 nitrogen and oxygen atoms in total. The summed E-state index contributed by atoms with van der Waals surface area (Å²) >= 11 is 0. The topological polar surface area (TPSA) is 61.4 Å². The second-order valence-electron chi connectivity index (χ2n) is 4.03. The maximum atomic E-state index is 11.5. The number of amides is 3. The van der Waals surface area contributed by atoms with E-state index in [0.29, 0.717) is 19.5 Å². The van der Waals surface area contributed by atoms with Crippen molar-refractivity contribution in [1.82, 2.24) is 15.5 Å². The third-order valence-electron chi connectivity index (χ3n) is 2.59. The first kappa shape index (κ1) is 12.8. The van der Waals surface area contributed by atoms with E-state index < -0.39 is 0 Å². The van der Waals surface area contributed by atoms with Crippen LogP contribution >= 0.6 is 0 Å². The summed E-state index contributed by atoms with van der Waals surface area (Å²) in [6, 6.07) is -0.0409. The van der Waals surface area contributed by atoms with Gasteiger partial charge in [-0.3, -0.25) is 4.79 Å². The minimum atomic E-state index is -0.0409. The number of likely N-dealkylation sites (tertiary alicyclic amines) is 1. The molecule has 0 unspecified atom stereocenters. The van der Waals surface area contributed by atoms with E-state index in [2.05, 4.69) is 10.6 Å². The monoisotopic (exact) mass is 227 g/mol. The van der Waals surface area contributed by atoms with Crippen molar-refractivity contribution in [2.75, 3.05) is 26.2 Å². The number of carbonyl (C=O) groups is 2. The van der Waals surface area contributed by atoms with E-state index in [1.54, 1.807) is 4.90 Å². The normalized spacial score (nSPS) is 14.9. The van der Waals surface area contributed by atoms with E-state index in [1.165, 1.54) is 0 Å². The van der Waals surface area contributed by atoms with Crippen molar-refractivity contribution in [1.29, 1.82) is 0 Å². The number of rotatable bonds is 5. The molecule has 2 N–H and O–H groups in total. The summed E-state index contributed by atoms with van der Waals surface area (Å²) in [7, 11) is 0. The van der Waals surface area contributed by atoms with Gasteiger partial charge in [0.25, 0.3) is 0 Å². The Bertz CT molecular complexity index is 237.